The Bertz CT molecular complexity index is 937. The molecule has 0 amide bonds. The van der Waals surface area contributed by atoms with Gasteiger partial charge in [-0.05, 0) is 48.0 Å². The Morgan fingerprint density at radius 1 is 0.857 bits per heavy atom. The molecule has 0 bridgehead atoms. The van der Waals surface area contributed by atoms with Crippen molar-refractivity contribution in [3.8, 4) is 9.75 Å². The molecule has 0 radical (unpaired) electrons. The molecule has 28 heavy (non-hydrogen) atoms. The summed E-state index contributed by atoms with van der Waals surface area (Å²) in [7, 11) is 0. The van der Waals surface area contributed by atoms with Gasteiger partial charge in [0, 0.05) is 33.4 Å². The summed E-state index contributed by atoms with van der Waals surface area (Å²) in [6.45, 7) is 1.06. The van der Waals surface area contributed by atoms with E-state index in [-0.39, 0.29) is 13.2 Å². The first-order valence-electron chi connectivity index (χ1n) is 8.79. The quantitative estimate of drug-likeness (QED) is 0.489. The molecule has 0 spiro atoms. The van der Waals surface area contributed by atoms with Crippen molar-refractivity contribution in [1.29, 1.82) is 0 Å². The Balaban J connectivity index is 1.68. The highest BCUT2D eigenvalue weighted by Gasteiger charge is 2.10. The van der Waals surface area contributed by atoms with Crippen LogP contribution in [0.5, 0.6) is 0 Å². The van der Waals surface area contributed by atoms with Crippen LogP contribution in [-0.2, 0) is 0 Å². The van der Waals surface area contributed by atoms with Crippen molar-refractivity contribution < 1.29 is 20.1 Å². The number of anilines is 1. The number of rotatable bonds is 9. The molecule has 7 heteroatoms. The van der Waals surface area contributed by atoms with Crippen molar-refractivity contribution in [1.82, 2.24) is 0 Å². The van der Waals surface area contributed by atoms with Gasteiger partial charge in [-0.3, -0.25) is 0 Å². The first-order valence-corrected chi connectivity index (χ1v) is 10.4. The van der Waals surface area contributed by atoms with Gasteiger partial charge in [0.1, 0.15) is 4.88 Å². The van der Waals surface area contributed by atoms with E-state index in [4.69, 9.17) is 15.3 Å². The fourth-order valence-electron chi connectivity index (χ4n) is 2.75. The number of carboxylic acid groups (broad SMARTS) is 1. The minimum Gasteiger partial charge on any atom is -0.477 e. The van der Waals surface area contributed by atoms with E-state index >= 15 is 0 Å². The van der Waals surface area contributed by atoms with Gasteiger partial charge in [0.15, 0.2) is 0 Å². The molecule has 2 heterocycles. The number of hydrogen-bond donors (Lipinski definition) is 3. The van der Waals surface area contributed by atoms with Gasteiger partial charge in [0.25, 0.3) is 0 Å². The van der Waals surface area contributed by atoms with E-state index in [9.17, 15) is 4.79 Å². The van der Waals surface area contributed by atoms with Gasteiger partial charge >= 0.3 is 5.97 Å². The van der Waals surface area contributed by atoms with Crippen molar-refractivity contribution in [2.24, 2.45) is 0 Å². The van der Waals surface area contributed by atoms with Gasteiger partial charge in [0.2, 0.25) is 0 Å². The molecule has 3 N–H and O–H groups in total. The zero-order valence-electron chi connectivity index (χ0n) is 15.1. The van der Waals surface area contributed by atoms with Crippen LogP contribution < -0.4 is 4.90 Å². The average molecular weight is 416 g/mol. The number of hydrogen-bond acceptors (Lipinski definition) is 6. The molecule has 0 aliphatic carbocycles. The van der Waals surface area contributed by atoms with Crippen molar-refractivity contribution >= 4 is 46.5 Å². The molecule has 0 aliphatic rings. The van der Waals surface area contributed by atoms with E-state index in [1.165, 1.54) is 11.3 Å². The van der Waals surface area contributed by atoms with Gasteiger partial charge in [-0.25, -0.2) is 4.79 Å². The van der Waals surface area contributed by atoms with Crippen LogP contribution >= 0.6 is 22.7 Å². The summed E-state index contributed by atoms with van der Waals surface area (Å²) in [5, 5.41) is 27.3. The van der Waals surface area contributed by atoms with Crippen molar-refractivity contribution in [2.45, 2.75) is 0 Å². The Morgan fingerprint density at radius 2 is 1.50 bits per heavy atom. The molecule has 0 saturated heterocycles. The van der Waals surface area contributed by atoms with E-state index in [1.54, 1.807) is 17.4 Å². The third-order valence-electron chi connectivity index (χ3n) is 4.12. The summed E-state index contributed by atoms with van der Waals surface area (Å²) in [6.07, 6.45) is 4.06. The number of carbonyl (C=O) groups is 1. The second kappa shape index (κ2) is 9.66. The highest BCUT2D eigenvalue weighted by atomic mass is 32.1. The number of carboxylic acids is 1. The monoisotopic (exact) mass is 415 g/mol. The lowest BCUT2D eigenvalue weighted by atomic mass is 10.1. The number of benzene rings is 1. The van der Waals surface area contributed by atoms with Crippen LogP contribution in [0.1, 0.15) is 20.1 Å². The van der Waals surface area contributed by atoms with Gasteiger partial charge in [-0.2, -0.15) is 0 Å². The van der Waals surface area contributed by atoms with E-state index < -0.39 is 5.97 Å². The van der Waals surface area contributed by atoms with Crippen LogP contribution in [-0.4, -0.2) is 47.6 Å². The van der Waals surface area contributed by atoms with Crippen LogP contribution in [0.4, 0.5) is 5.69 Å². The van der Waals surface area contributed by atoms with Gasteiger partial charge in [0.05, 0.1) is 13.2 Å². The van der Waals surface area contributed by atoms with E-state index in [0.717, 1.165) is 25.9 Å². The lowest BCUT2D eigenvalue weighted by molar-refractivity contribution is 0.0702. The number of aliphatic hydroxyl groups is 2. The Morgan fingerprint density at radius 3 is 2.11 bits per heavy atom. The van der Waals surface area contributed by atoms with Crippen LogP contribution in [0.3, 0.4) is 0 Å². The molecule has 2 aromatic heterocycles. The fraction of sp³-hybridized carbons (Fsp3) is 0.190. The summed E-state index contributed by atoms with van der Waals surface area (Å²) >= 11 is 2.90. The number of thiophene rings is 2. The zero-order valence-corrected chi connectivity index (χ0v) is 16.7. The SMILES string of the molecule is O=C(O)c1ccc(-c2ccc(/C=C/c3ccc(N(CCO)CCO)cc3)s2)s1. The number of aromatic carboxylic acids is 1. The topological polar surface area (TPSA) is 81.0 Å². The fourth-order valence-corrected chi connectivity index (χ4v) is 4.59. The molecule has 0 atom stereocenters. The molecular formula is C21H21NO4S2. The number of nitrogens with zero attached hydrogens (tertiary/aromatic N) is 1. The molecule has 0 saturated carbocycles. The highest BCUT2D eigenvalue weighted by molar-refractivity contribution is 7.23. The second-order valence-corrected chi connectivity index (χ2v) is 8.23. The molecule has 0 aliphatic heterocycles. The molecular weight excluding hydrogens is 394 g/mol. The van der Waals surface area contributed by atoms with Crippen molar-refractivity contribution in [3.63, 3.8) is 0 Å². The summed E-state index contributed by atoms with van der Waals surface area (Å²) in [5.74, 6) is -0.895. The molecule has 0 fully saturated rings. The minimum atomic E-state index is -0.895. The van der Waals surface area contributed by atoms with Crippen LogP contribution in [0.25, 0.3) is 21.9 Å². The van der Waals surface area contributed by atoms with E-state index in [2.05, 4.69) is 0 Å². The van der Waals surface area contributed by atoms with Gasteiger partial charge in [-0.1, -0.05) is 18.2 Å². The lowest BCUT2D eigenvalue weighted by Crippen LogP contribution is -2.29. The van der Waals surface area contributed by atoms with Crippen LogP contribution in [0.2, 0.25) is 0 Å². The van der Waals surface area contributed by atoms with Gasteiger partial charge < -0.3 is 20.2 Å². The maximum absolute atomic E-state index is 11.0. The molecule has 1 aromatic carbocycles. The first kappa shape index (κ1) is 20.3. The first-order chi connectivity index (χ1) is 13.6. The van der Waals surface area contributed by atoms with Crippen molar-refractivity contribution in [3.05, 3.63) is 63.8 Å². The molecule has 146 valence electrons. The largest absolute Gasteiger partial charge is 0.477 e. The summed E-state index contributed by atoms with van der Waals surface area (Å²) in [4.78, 5) is 16.4. The zero-order chi connectivity index (χ0) is 19.9. The minimum absolute atomic E-state index is 0.0422. The maximum atomic E-state index is 11.0. The summed E-state index contributed by atoms with van der Waals surface area (Å²) in [6, 6.07) is 15.5. The van der Waals surface area contributed by atoms with Crippen LogP contribution in [0.15, 0.2) is 48.5 Å². The van der Waals surface area contributed by atoms with E-state index in [0.29, 0.717) is 18.0 Å². The predicted molar refractivity (Wildman–Crippen MR) is 116 cm³/mol. The summed E-state index contributed by atoms with van der Waals surface area (Å²) < 4.78 is 0. The lowest BCUT2D eigenvalue weighted by Gasteiger charge is -2.22. The van der Waals surface area contributed by atoms with Crippen LogP contribution in [0, 0.1) is 0 Å². The number of aliphatic hydroxyl groups excluding tert-OH is 2. The highest BCUT2D eigenvalue weighted by Crippen LogP contribution is 2.34. The Hall–Kier alpha value is -2.45. The predicted octanol–water partition coefficient (Wildman–Crippen LogP) is 4.14. The normalized spacial score (nSPS) is 11.2. The molecule has 0 unspecified atom stereocenters. The third-order valence-corrected chi connectivity index (χ3v) is 6.44. The second-order valence-electron chi connectivity index (χ2n) is 6.03. The van der Waals surface area contributed by atoms with Crippen molar-refractivity contribution in [2.75, 3.05) is 31.2 Å². The molecule has 3 rings (SSSR count). The Kier molecular flexibility index (Phi) is 7.00. The summed E-state index contributed by atoms with van der Waals surface area (Å²) in [5.41, 5.74) is 2.02. The maximum Gasteiger partial charge on any atom is 0.345 e. The Labute approximate surface area is 171 Å². The average Bonchev–Trinajstić information content (AvgIpc) is 3.36. The standard InChI is InChI=1S/C21H21NO4S2/c23-13-11-22(12-14-24)16-4-1-15(2-5-16)3-6-17-7-8-18(27-17)19-9-10-20(28-19)21(25)26/h1-10,23-24H,11-14H2,(H,25,26)/b6-3+. The van der Waals surface area contributed by atoms with Gasteiger partial charge in [-0.15, -0.1) is 22.7 Å². The van der Waals surface area contributed by atoms with E-state index in [1.807, 2.05) is 59.5 Å². The third kappa shape index (κ3) is 5.08. The smallest absolute Gasteiger partial charge is 0.345 e. The molecule has 3 aromatic rings. The molecule has 5 nitrogen and oxygen atoms in total.